The van der Waals surface area contributed by atoms with Gasteiger partial charge in [-0.1, -0.05) is 35.8 Å². The molecule has 0 spiro atoms. The normalized spacial score (nSPS) is 21.2. The SMILES string of the molecule is CN=C(NCc1nc(-c2cccc(Cl)c2)no1)NC1CCC(C)CC1. The highest BCUT2D eigenvalue weighted by Gasteiger charge is 2.19. The van der Waals surface area contributed by atoms with E-state index in [0.717, 1.165) is 17.4 Å². The Bertz CT molecular complexity index is 722. The molecule has 25 heavy (non-hydrogen) atoms. The number of hydrogen-bond acceptors (Lipinski definition) is 4. The number of nitrogens with one attached hydrogen (secondary N) is 2. The number of halogens is 1. The van der Waals surface area contributed by atoms with E-state index >= 15 is 0 Å². The lowest BCUT2D eigenvalue weighted by atomic mass is 9.87. The Morgan fingerprint density at radius 2 is 2.12 bits per heavy atom. The van der Waals surface area contributed by atoms with E-state index in [4.69, 9.17) is 16.1 Å². The first-order valence-electron chi connectivity index (χ1n) is 8.69. The van der Waals surface area contributed by atoms with Gasteiger partial charge in [0.1, 0.15) is 0 Å². The monoisotopic (exact) mass is 361 g/mol. The van der Waals surface area contributed by atoms with E-state index in [1.807, 2.05) is 24.3 Å². The minimum atomic E-state index is 0.427. The Morgan fingerprint density at radius 3 is 2.84 bits per heavy atom. The molecule has 0 atom stereocenters. The molecule has 0 amide bonds. The van der Waals surface area contributed by atoms with Crippen LogP contribution in [0, 0.1) is 5.92 Å². The molecule has 1 aliphatic carbocycles. The van der Waals surface area contributed by atoms with Gasteiger partial charge < -0.3 is 15.2 Å². The predicted octanol–water partition coefficient (Wildman–Crippen LogP) is 3.63. The van der Waals surface area contributed by atoms with Crippen molar-refractivity contribution < 1.29 is 4.52 Å². The van der Waals surface area contributed by atoms with Crippen molar-refractivity contribution in [2.75, 3.05) is 7.05 Å². The molecule has 0 saturated heterocycles. The molecule has 1 aromatic heterocycles. The number of aromatic nitrogens is 2. The zero-order valence-corrected chi connectivity index (χ0v) is 15.4. The molecule has 6 nitrogen and oxygen atoms in total. The van der Waals surface area contributed by atoms with Gasteiger partial charge in [0, 0.05) is 23.7 Å². The van der Waals surface area contributed by atoms with E-state index in [9.17, 15) is 0 Å². The Balaban J connectivity index is 1.54. The third-order valence-electron chi connectivity index (χ3n) is 4.54. The second-order valence-electron chi connectivity index (χ2n) is 6.55. The molecule has 7 heteroatoms. The third-order valence-corrected chi connectivity index (χ3v) is 4.77. The maximum absolute atomic E-state index is 6.00. The molecule has 1 saturated carbocycles. The largest absolute Gasteiger partial charge is 0.354 e. The van der Waals surface area contributed by atoms with Crippen LogP contribution >= 0.6 is 11.6 Å². The Morgan fingerprint density at radius 1 is 1.32 bits per heavy atom. The van der Waals surface area contributed by atoms with E-state index in [-0.39, 0.29) is 0 Å². The number of aliphatic imine (C=N–C) groups is 1. The summed E-state index contributed by atoms with van der Waals surface area (Å²) in [6.07, 6.45) is 4.89. The third kappa shape index (κ3) is 4.95. The maximum atomic E-state index is 6.00. The van der Waals surface area contributed by atoms with Crippen LogP contribution in [-0.2, 0) is 6.54 Å². The predicted molar refractivity (Wildman–Crippen MR) is 99.5 cm³/mol. The van der Waals surface area contributed by atoms with Gasteiger partial charge in [-0.25, -0.2) is 0 Å². The summed E-state index contributed by atoms with van der Waals surface area (Å²) < 4.78 is 5.31. The van der Waals surface area contributed by atoms with Crippen molar-refractivity contribution in [3.8, 4) is 11.4 Å². The summed E-state index contributed by atoms with van der Waals surface area (Å²) in [5.74, 6) is 2.64. The molecule has 0 unspecified atom stereocenters. The quantitative estimate of drug-likeness (QED) is 0.642. The van der Waals surface area contributed by atoms with Crippen LogP contribution in [0.3, 0.4) is 0 Å². The smallest absolute Gasteiger partial charge is 0.246 e. The fourth-order valence-electron chi connectivity index (χ4n) is 3.02. The topological polar surface area (TPSA) is 75.3 Å². The van der Waals surface area contributed by atoms with E-state index in [0.29, 0.717) is 29.3 Å². The van der Waals surface area contributed by atoms with E-state index in [2.05, 4.69) is 32.7 Å². The van der Waals surface area contributed by atoms with Crippen molar-refractivity contribution >= 4 is 17.6 Å². The Kier molecular flexibility index (Phi) is 5.91. The molecule has 2 aromatic rings. The molecule has 1 aliphatic rings. The van der Waals surface area contributed by atoms with Gasteiger partial charge >= 0.3 is 0 Å². The zero-order chi connectivity index (χ0) is 17.6. The average Bonchev–Trinajstić information content (AvgIpc) is 3.09. The average molecular weight is 362 g/mol. The van der Waals surface area contributed by atoms with Crippen molar-refractivity contribution in [1.29, 1.82) is 0 Å². The van der Waals surface area contributed by atoms with Crippen LogP contribution in [0.5, 0.6) is 0 Å². The van der Waals surface area contributed by atoms with Crippen molar-refractivity contribution in [1.82, 2.24) is 20.8 Å². The number of rotatable bonds is 4. The fourth-order valence-corrected chi connectivity index (χ4v) is 3.21. The molecular formula is C18H24ClN5O. The highest BCUT2D eigenvalue weighted by molar-refractivity contribution is 6.30. The highest BCUT2D eigenvalue weighted by Crippen LogP contribution is 2.23. The van der Waals surface area contributed by atoms with Gasteiger partial charge in [-0.3, -0.25) is 4.99 Å². The second kappa shape index (κ2) is 8.34. The Hall–Kier alpha value is -2.08. The first-order chi connectivity index (χ1) is 12.1. The van der Waals surface area contributed by atoms with Crippen molar-refractivity contribution in [3.63, 3.8) is 0 Å². The van der Waals surface area contributed by atoms with E-state index in [1.54, 1.807) is 7.05 Å². The number of hydrogen-bond donors (Lipinski definition) is 2. The van der Waals surface area contributed by atoms with Crippen molar-refractivity contribution in [2.24, 2.45) is 10.9 Å². The van der Waals surface area contributed by atoms with Gasteiger partial charge in [-0.05, 0) is 43.7 Å². The fraction of sp³-hybridized carbons (Fsp3) is 0.500. The molecule has 3 rings (SSSR count). The van der Waals surface area contributed by atoms with Crippen LogP contribution in [0.4, 0.5) is 0 Å². The van der Waals surface area contributed by atoms with E-state index in [1.165, 1.54) is 25.7 Å². The molecule has 1 fully saturated rings. The molecule has 0 bridgehead atoms. The summed E-state index contributed by atoms with van der Waals surface area (Å²) in [6, 6.07) is 7.87. The molecule has 0 aliphatic heterocycles. The molecule has 2 N–H and O–H groups in total. The lowest BCUT2D eigenvalue weighted by molar-refractivity contribution is 0.328. The molecule has 0 radical (unpaired) electrons. The first-order valence-corrected chi connectivity index (χ1v) is 9.07. The van der Waals surface area contributed by atoms with Gasteiger partial charge in [-0.15, -0.1) is 0 Å². The van der Waals surface area contributed by atoms with Crippen LogP contribution in [0.15, 0.2) is 33.8 Å². The second-order valence-corrected chi connectivity index (χ2v) is 6.99. The number of guanidine groups is 1. The molecular weight excluding hydrogens is 338 g/mol. The molecule has 134 valence electrons. The molecule has 1 aromatic carbocycles. The number of nitrogens with zero attached hydrogens (tertiary/aromatic N) is 3. The number of benzene rings is 1. The van der Waals surface area contributed by atoms with Gasteiger partial charge in [0.25, 0.3) is 0 Å². The standard InChI is InChI=1S/C18H24ClN5O/c1-12-6-8-15(9-7-12)22-18(20-2)21-11-16-23-17(24-25-16)13-4-3-5-14(19)10-13/h3-5,10,12,15H,6-9,11H2,1-2H3,(H2,20,21,22). The van der Waals surface area contributed by atoms with Crippen molar-refractivity contribution in [2.45, 2.75) is 45.2 Å². The van der Waals surface area contributed by atoms with Crippen LogP contribution in [0.25, 0.3) is 11.4 Å². The summed E-state index contributed by atoms with van der Waals surface area (Å²) in [7, 11) is 1.77. The summed E-state index contributed by atoms with van der Waals surface area (Å²) in [5.41, 5.74) is 0.835. The summed E-state index contributed by atoms with van der Waals surface area (Å²) >= 11 is 6.00. The summed E-state index contributed by atoms with van der Waals surface area (Å²) in [5, 5.41) is 11.4. The van der Waals surface area contributed by atoms with Gasteiger partial charge in [-0.2, -0.15) is 4.98 Å². The van der Waals surface area contributed by atoms with Crippen LogP contribution in [-0.4, -0.2) is 29.2 Å². The Labute approximate surface area is 153 Å². The minimum absolute atomic E-state index is 0.427. The lowest BCUT2D eigenvalue weighted by Crippen LogP contribution is -2.44. The van der Waals surface area contributed by atoms with Gasteiger partial charge in [0.05, 0.1) is 6.54 Å². The zero-order valence-electron chi connectivity index (χ0n) is 14.6. The highest BCUT2D eigenvalue weighted by atomic mass is 35.5. The van der Waals surface area contributed by atoms with Gasteiger partial charge in [0.2, 0.25) is 11.7 Å². The summed E-state index contributed by atoms with van der Waals surface area (Å²) in [4.78, 5) is 8.68. The first kappa shape index (κ1) is 17.7. The minimum Gasteiger partial charge on any atom is -0.354 e. The van der Waals surface area contributed by atoms with Crippen molar-refractivity contribution in [3.05, 3.63) is 35.2 Å². The summed E-state index contributed by atoms with van der Waals surface area (Å²) in [6.45, 7) is 2.74. The lowest BCUT2D eigenvalue weighted by Gasteiger charge is -2.28. The molecule has 1 heterocycles. The van der Waals surface area contributed by atoms with E-state index < -0.39 is 0 Å². The van der Waals surface area contributed by atoms with Crippen LogP contribution in [0.2, 0.25) is 5.02 Å². The maximum Gasteiger partial charge on any atom is 0.246 e. The van der Waals surface area contributed by atoms with Crippen LogP contribution in [0.1, 0.15) is 38.5 Å². The van der Waals surface area contributed by atoms with Gasteiger partial charge in [0.15, 0.2) is 5.96 Å². The van der Waals surface area contributed by atoms with Crippen LogP contribution < -0.4 is 10.6 Å².